The smallest absolute Gasteiger partial charge is 0.504 e. The molecule has 0 aliphatic carbocycles. The van der Waals surface area contributed by atoms with Crippen molar-refractivity contribution in [3.63, 3.8) is 0 Å². The van der Waals surface area contributed by atoms with E-state index in [1.165, 1.54) is 0 Å². The fraction of sp³-hybridized carbons (Fsp3) is 0.533. The van der Waals surface area contributed by atoms with Gasteiger partial charge in [0, 0.05) is 11.1 Å². The van der Waals surface area contributed by atoms with Gasteiger partial charge in [-0.15, -0.1) is 0 Å². The summed E-state index contributed by atoms with van der Waals surface area (Å²) in [5.74, 6) is -3.56. The lowest BCUT2D eigenvalue weighted by Crippen LogP contribution is -2.12. The summed E-state index contributed by atoms with van der Waals surface area (Å²) < 4.78 is 32.8. The monoisotopic (exact) mass is 302 g/mol. The maximum absolute atomic E-state index is 14.2. The number of carboxylic acid groups (broad SMARTS) is 1. The molecule has 6 heteroatoms. The number of aromatic hydroxyl groups is 1. The average molecular weight is 302 g/mol. The molecular weight excluding hydrogens is 282 g/mol. The van der Waals surface area contributed by atoms with Gasteiger partial charge in [-0.1, -0.05) is 27.7 Å². The van der Waals surface area contributed by atoms with Crippen LogP contribution >= 0.6 is 0 Å². The highest BCUT2D eigenvalue weighted by molar-refractivity contribution is 5.65. The number of rotatable bonds is 5. The zero-order valence-corrected chi connectivity index (χ0v) is 12.5. The van der Waals surface area contributed by atoms with Crippen molar-refractivity contribution < 1.29 is 28.5 Å². The summed E-state index contributed by atoms with van der Waals surface area (Å²) in [6.45, 7) is 7.08. The molecule has 0 bridgehead atoms. The van der Waals surface area contributed by atoms with Crippen LogP contribution in [-0.4, -0.2) is 16.4 Å². The van der Waals surface area contributed by atoms with E-state index in [-0.39, 0.29) is 35.8 Å². The van der Waals surface area contributed by atoms with E-state index in [1.807, 2.05) is 0 Å². The highest BCUT2D eigenvalue weighted by Crippen LogP contribution is 2.40. The van der Waals surface area contributed by atoms with Crippen molar-refractivity contribution in [3.8, 4) is 11.5 Å². The van der Waals surface area contributed by atoms with Gasteiger partial charge in [-0.05, 0) is 24.7 Å². The topological polar surface area (TPSA) is 66.8 Å². The Hall–Kier alpha value is -1.85. The highest BCUT2D eigenvalue weighted by atomic mass is 19.2. The number of halogens is 2. The van der Waals surface area contributed by atoms with E-state index in [9.17, 15) is 18.7 Å². The lowest BCUT2D eigenvalue weighted by Gasteiger charge is -2.18. The molecule has 0 aromatic heterocycles. The molecule has 0 spiro atoms. The van der Waals surface area contributed by atoms with E-state index in [4.69, 9.17) is 5.11 Å². The molecule has 0 fully saturated rings. The van der Waals surface area contributed by atoms with Crippen molar-refractivity contribution in [2.24, 2.45) is 11.8 Å². The normalized spacial score (nSPS) is 11.2. The Morgan fingerprint density at radius 1 is 1.05 bits per heavy atom. The van der Waals surface area contributed by atoms with Crippen molar-refractivity contribution in [1.29, 1.82) is 0 Å². The van der Waals surface area contributed by atoms with Crippen molar-refractivity contribution in [1.82, 2.24) is 0 Å². The van der Waals surface area contributed by atoms with Crippen LogP contribution in [0.3, 0.4) is 0 Å². The van der Waals surface area contributed by atoms with Gasteiger partial charge in [-0.3, -0.25) is 0 Å². The van der Waals surface area contributed by atoms with Gasteiger partial charge in [0.1, 0.15) is 0 Å². The lowest BCUT2D eigenvalue weighted by atomic mass is 9.95. The molecule has 118 valence electrons. The first kappa shape index (κ1) is 17.2. The van der Waals surface area contributed by atoms with Crippen LogP contribution < -0.4 is 4.74 Å². The molecule has 0 radical (unpaired) electrons. The second-order valence-corrected chi connectivity index (χ2v) is 5.83. The van der Waals surface area contributed by atoms with E-state index >= 15 is 0 Å². The zero-order chi connectivity index (χ0) is 16.3. The van der Waals surface area contributed by atoms with Gasteiger partial charge in [0.05, 0.1) is 0 Å². The van der Waals surface area contributed by atoms with Gasteiger partial charge in [-0.2, -0.15) is 0 Å². The summed E-state index contributed by atoms with van der Waals surface area (Å²) in [6, 6.07) is 0. The molecule has 4 nitrogen and oxygen atoms in total. The second kappa shape index (κ2) is 6.74. The standard InChI is InChI=1S/C15H20F2O4/c1-7(2)5-9-11(16)12(17)10(6-8(3)4)14(13(9)18)21-15(19)20/h7-8,18H,5-6H2,1-4H3,(H,19,20). The predicted molar refractivity (Wildman–Crippen MR) is 73.8 cm³/mol. The number of hydrogen-bond donors (Lipinski definition) is 2. The number of carbonyl (C=O) groups is 1. The average Bonchev–Trinajstić information content (AvgIpc) is 2.35. The Bertz CT molecular complexity index is 539. The molecule has 1 rings (SSSR count). The van der Waals surface area contributed by atoms with Gasteiger partial charge >= 0.3 is 6.16 Å². The van der Waals surface area contributed by atoms with Crippen LogP contribution in [0.4, 0.5) is 13.6 Å². The fourth-order valence-electron chi connectivity index (χ4n) is 2.13. The molecule has 0 atom stereocenters. The third kappa shape index (κ3) is 4.06. The van der Waals surface area contributed by atoms with Crippen molar-refractivity contribution in [3.05, 3.63) is 22.8 Å². The van der Waals surface area contributed by atoms with Gasteiger partial charge in [0.15, 0.2) is 23.1 Å². The Morgan fingerprint density at radius 2 is 1.48 bits per heavy atom. The minimum atomic E-state index is -1.68. The molecule has 0 saturated heterocycles. The van der Waals surface area contributed by atoms with E-state index in [2.05, 4.69) is 4.74 Å². The molecule has 1 aromatic rings. The predicted octanol–water partition coefficient (Wildman–Crippen LogP) is 4.12. The number of phenolic OH excluding ortho intramolecular Hbond substituents is 1. The largest absolute Gasteiger partial charge is 0.511 e. The molecule has 0 aliphatic rings. The number of benzene rings is 1. The van der Waals surface area contributed by atoms with Crippen molar-refractivity contribution >= 4 is 6.16 Å². The third-order valence-electron chi connectivity index (χ3n) is 2.91. The van der Waals surface area contributed by atoms with Crippen LogP contribution in [0.15, 0.2) is 0 Å². The molecule has 21 heavy (non-hydrogen) atoms. The van der Waals surface area contributed by atoms with E-state index in [0.717, 1.165) is 0 Å². The summed E-state index contributed by atoms with van der Waals surface area (Å²) in [4.78, 5) is 10.7. The highest BCUT2D eigenvalue weighted by Gasteiger charge is 2.27. The summed E-state index contributed by atoms with van der Waals surface area (Å²) in [6.07, 6.45) is -1.55. The Morgan fingerprint density at radius 3 is 1.90 bits per heavy atom. The summed E-state index contributed by atoms with van der Waals surface area (Å²) in [7, 11) is 0. The van der Waals surface area contributed by atoms with Crippen LogP contribution in [0.2, 0.25) is 0 Å². The van der Waals surface area contributed by atoms with Crippen molar-refractivity contribution in [2.45, 2.75) is 40.5 Å². The van der Waals surface area contributed by atoms with Crippen LogP contribution in [0.1, 0.15) is 38.8 Å². The molecule has 0 saturated carbocycles. The van der Waals surface area contributed by atoms with Crippen LogP contribution in [-0.2, 0) is 12.8 Å². The number of phenols is 1. The molecule has 2 N–H and O–H groups in total. The summed E-state index contributed by atoms with van der Waals surface area (Å²) in [5, 5.41) is 18.8. The minimum absolute atomic E-state index is 0.0431. The maximum atomic E-state index is 14.2. The number of ether oxygens (including phenoxy) is 1. The van der Waals surface area contributed by atoms with Gasteiger partial charge in [-0.25, -0.2) is 13.6 Å². The first-order valence-electron chi connectivity index (χ1n) is 6.77. The number of hydrogen-bond acceptors (Lipinski definition) is 3. The quantitative estimate of drug-likeness (QED) is 0.634. The first-order chi connectivity index (χ1) is 9.65. The van der Waals surface area contributed by atoms with Gasteiger partial charge in [0.25, 0.3) is 0 Å². The van der Waals surface area contributed by atoms with Crippen LogP contribution in [0, 0.1) is 23.5 Å². The van der Waals surface area contributed by atoms with E-state index in [0.29, 0.717) is 0 Å². The Kier molecular flexibility index (Phi) is 5.52. The molecule has 0 unspecified atom stereocenters. The molecule has 0 heterocycles. The van der Waals surface area contributed by atoms with Crippen LogP contribution in [0.25, 0.3) is 0 Å². The summed E-state index contributed by atoms with van der Waals surface area (Å²) >= 11 is 0. The Labute approximate surface area is 122 Å². The summed E-state index contributed by atoms with van der Waals surface area (Å²) in [5.41, 5.74) is -0.513. The molecular formula is C15H20F2O4. The Balaban J connectivity index is 3.53. The second-order valence-electron chi connectivity index (χ2n) is 5.83. The fourth-order valence-corrected chi connectivity index (χ4v) is 2.13. The maximum Gasteiger partial charge on any atom is 0.511 e. The molecule has 0 aliphatic heterocycles. The SMILES string of the molecule is CC(C)Cc1c(O)c(OC(=O)O)c(CC(C)C)c(F)c1F. The lowest BCUT2D eigenvalue weighted by molar-refractivity contribution is 0.141. The zero-order valence-electron chi connectivity index (χ0n) is 12.5. The van der Waals surface area contributed by atoms with Gasteiger partial charge in [0.2, 0.25) is 0 Å². The van der Waals surface area contributed by atoms with Crippen LogP contribution in [0.5, 0.6) is 11.5 Å². The first-order valence-corrected chi connectivity index (χ1v) is 6.77. The molecule has 0 amide bonds. The van der Waals surface area contributed by atoms with E-state index < -0.39 is 29.3 Å². The van der Waals surface area contributed by atoms with E-state index in [1.54, 1.807) is 27.7 Å². The van der Waals surface area contributed by atoms with Crippen molar-refractivity contribution in [2.75, 3.05) is 0 Å². The molecule has 1 aromatic carbocycles. The van der Waals surface area contributed by atoms with Gasteiger partial charge < -0.3 is 14.9 Å². The minimum Gasteiger partial charge on any atom is -0.504 e. The third-order valence-corrected chi connectivity index (χ3v) is 2.91.